The number of amides is 1. The van der Waals surface area contributed by atoms with Crippen molar-refractivity contribution < 1.29 is 19.1 Å². The van der Waals surface area contributed by atoms with Crippen molar-refractivity contribution in [2.45, 2.75) is 71.9 Å². The van der Waals surface area contributed by atoms with Crippen LogP contribution in [0.15, 0.2) is 71.1 Å². The maximum Gasteiger partial charge on any atom is 0.333 e. The Bertz CT molecular complexity index is 1480. The highest BCUT2D eigenvalue weighted by Crippen LogP contribution is 2.28. The number of esters is 1. The molecule has 1 N–H and O–H groups in total. The summed E-state index contributed by atoms with van der Waals surface area (Å²) in [6.45, 7) is 6.20. The van der Waals surface area contributed by atoms with E-state index in [4.69, 9.17) is 19.7 Å². The van der Waals surface area contributed by atoms with E-state index in [0.29, 0.717) is 30.8 Å². The average Bonchev–Trinajstić information content (AvgIpc) is 3.49. The van der Waals surface area contributed by atoms with Gasteiger partial charge in [0, 0.05) is 16.9 Å². The fourth-order valence-corrected chi connectivity index (χ4v) is 5.93. The summed E-state index contributed by atoms with van der Waals surface area (Å²) < 4.78 is 11.0. The Morgan fingerprint density at radius 3 is 2.44 bits per heavy atom. The molecule has 1 saturated carbocycles. The van der Waals surface area contributed by atoms with Crippen molar-refractivity contribution in [3.8, 4) is 11.8 Å². The van der Waals surface area contributed by atoms with E-state index in [2.05, 4.69) is 11.4 Å². The van der Waals surface area contributed by atoms with Crippen LogP contribution in [0.2, 0.25) is 0 Å². The topological polar surface area (TPSA) is 101 Å². The molecule has 1 amide bonds. The van der Waals surface area contributed by atoms with E-state index < -0.39 is 0 Å². The third kappa shape index (κ3) is 9.65. The van der Waals surface area contributed by atoms with Gasteiger partial charge in [-0.05, 0) is 93.2 Å². The molecule has 3 aromatic rings. The summed E-state index contributed by atoms with van der Waals surface area (Å²) >= 11 is 1.52. The van der Waals surface area contributed by atoms with E-state index in [1.807, 2.05) is 54.8 Å². The number of thiazole rings is 1. The number of allylic oxidation sites excluding steroid dienone is 2. The first-order valence-electron chi connectivity index (χ1n) is 14.8. The van der Waals surface area contributed by atoms with Crippen LogP contribution in [0.5, 0.6) is 5.75 Å². The number of carbonyl (C=O) groups excluding carboxylic acids is 2. The highest BCUT2D eigenvalue weighted by molar-refractivity contribution is 7.09. The Hall–Kier alpha value is -4.22. The van der Waals surface area contributed by atoms with Crippen molar-refractivity contribution in [1.29, 1.82) is 5.26 Å². The smallest absolute Gasteiger partial charge is 0.333 e. The molecule has 43 heavy (non-hydrogen) atoms. The maximum atomic E-state index is 13.3. The molecule has 0 spiro atoms. The number of hydrogen-bond donors (Lipinski definition) is 1. The van der Waals surface area contributed by atoms with Crippen molar-refractivity contribution >= 4 is 29.3 Å². The molecule has 1 fully saturated rings. The normalized spacial score (nSPS) is 14.9. The summed E-state index contributed by atoms with van der Waals surface area (Å²) in [7, 11) is 0. The second-order valence-corrected chi connectivity index (χ2v) is 11.8. The summed E-state index contributed by atoms with van der Waals surface area (Å²) in [6, 6.07) is 17.1. The zero-order chi connectivity index (χ0) is 30.6. The maximum absolute atomic E-state index is 13.3. The molecule has 4 rings (SSSR count). The van der Waals surface area contributed by atoms with E-state index >= 15 is 0 Å². The van der Waals surface area contributed by atoms with Crippen LogP contribution in [-0.2, 0) is 27.4 Å². The Kier molecular flexibility index (Phi) is 11.7. The van der Waals surface area contributed by atoms with Gasteiger partial charge in [-0.1, -0.05) is 43.5 Å². The SMILES string of the molecule is CCOC(=O)/C(C)=C\C(C)=C\c1csc([C@H](Cc2ccc(OCc3ccc(C#N)cc3)cc2)NC(=O)C2CCCCC2)n1. The van der Waals surface area contributed by atoms with E-state index in [-0.39, 0.29) is 23.8 Å². The van der Waals surface area contributed by atoms with E-state index in [1.54, 1.807) is 32.1 Å². The van der Waals surface area contributed by atoms with Gasteiger partial charge in [-0.3, -0.25) is 4.79 Å². The monoisotopic (exact) mass is 597 g/mol. The van der Waals surface area contributed by atoms with Gasteiger partial charge in [0.2, 0.25) is 5.91 Å². The van der Waals surface area contributed by atoms with Crippen LogP contribution < -0.4 is 10.1 Å². The summed E-state index contributed by atoms with van der Waals surface area (Å²) in [5.41, 5.74) is 4.89. The number of hydrogen-bond acceptors (Lipinski definition) is 7. The Labute approximate surface area is 258 Å². The lowest BCUT2D eigenvalue weighted by atomic mass is 9.88. The number of nitriles is 1. The summed E-state index contributed by atoms with van der Waals surface area (Å²) in [5, 5.41) is 15.1. The van der Waals surface area contributed by atoms with Crippen LogP contribution in [0.4, 0.5) is 0 Å². The molecule has 1 aromatic heterocycles. The van der Waals surface area contributed by atoms with Crippen molar-refractivity contribution in [3.63, 3.8) is 0 Å². The second-order valence-electron chi connectivity index (χ2n) is 10.9. The number of ether oxygens (including phenoxy) is 2. The lowest BCUT2D eigenvalue weighted by Crippen LogP contribution is -2.35. The zero-order valence-corrected chi connectivity index (χ0v) is 25.9. The quantitative estimate of drug-likeness (QED) is 0.132. The molecule has 0 radical (unpaired) electrons. The van der Waals surface area contributed by atoms with Gasteiger partial charge in [-0.15, -0.1) is 11.3 Å². The van der Waals surface area contributed by atoms with Crippen LogP contribution in [0.1, 0.15) is 86.3 Å². The van der Waals surface area contributed by atoms with Crippen molar-refractivity contribution in [1.82, 2.24) is 10.3 Å². The first-order valence-corrected chi connectivity index (χ1v) is 15.7. The van der Waals surface area contributed by atoms with Gasteiger partial charge in [0.25, 0.3) is 0 Å². The highest BCUT2D eigenvalue weighted by Gasteiger charge is 2.25. The number of aromatic nitrogens is 1. The fourth-order valence-electron chi connectivity index (χ4n) is 5.10. The predicted molar refractivity (Wildman–Crippen MR) is 169 cm³/mol. The molecule has 1 atom stereocenters. The number of carbonyl (C=O) groups is 2. The van der Waals surface area contributed by atoms with Crippen LogP contribution in [0, 0.1) is 17.2 Å². The second kappa shape index (κ2) is 15.9. The van der Waals surface area contributed by atoms with Crippen LogP contribution in [-0.4, -0.2) is 23.5 Å². The van der Waals surface area contributed by atoms with Gasteiger partial charge in [0.1, 0.15) is 17.4 Å². The minimum atomic E-state index is -0.328. The molecule has 0 saturated heterocycles. The first kappa shape index (κ1) is 31.7. The molecular formula is C35H39N3O4S. The van der Waals surface area contributed by atoms with Crippen molar-refractivity contribution in [3.05, 3.63) is 98.5 Å². The summed E-state index contributed by atoms with van der Waals surface area (Å²) in [5.74, 6) is 0.569. The summed E-state index contributed by atoms with van der Waals surface area (Å²) in [6.07, 6.45) is 9.58. The van der Waals surface area contributed by atoms with Gasteiger partial charge in [-0.2, -0.15) is 5.26 Å². The largest absolute Gasteiger partial charge is 0.489 e. The number of benzene rings is 2. The minimum Gasteiger partial charge on any atom is -0.489 e. The Morgan fingerprint density at radius 2 is 1.77 bits per heavy atom. The van der Waals surface area contributed by atoms with E-state index in [0.717, 1.165) is 58.8 Å². The standard InChI is InChI=1S/C35H39N3O4S/c1-4-41-35(40)25(3)18-24(2)19-30-23-43-34(37-30)32(38-33(39)29-8-6-5-7-9-29)20-26-14-16-31(17-15-26)42-22-28-12-10-27(21-36)11-13-28/h10-19,23,29,32H,4-9,20,22H2,1-3H3,(H,38,39)/b24-19+,25-18-/t32-/m0/s1. The highest BCUT2D eigenvalue weighted by atomic mass is 32.1. The Morgan fingerprint density at radius 1 is 1.07 bits per heavy atom. The average molecular weight is 598 g/mol. The molecule has 8 heteroatoms. The molecular weight excluding hydrogens is 558 g/mol. The molecule has 0 unspecified atom stereocenters. The molecule has 0 aliphatic heterocycles. The molecule has 1 heterocycles. The van der Waals surface area contributed by atoms with Crippen LogP contribution >= 0.6 is 11.3 Å². The third-order valence-electron chi connectivity index (χ3n) is 7.40. The van der Waals surface area contributed by atoms with Gasteiger partial charge in [0.05, 0.1) is 30.0 Å². The summed E-state index contributed by atoms with van der Waals surface area (Å²) in [4.78, 5) is 30.1. The molecule has 1 aliphatic rings. The first-order chi connectivity index (χ1) is 20.8. The van der Waals surface area contributed by atoms with E-state index in [9.17, 15) is 9.59 Å². The molecule has 7 nitrogen and oxygen atoms in total. The van der Waals surface area contributed by atoms with Crippen LogP contribution in [0.25, 0.3) is 6.08 Å². The predicted octanol–water partition coefficient (Wildman–Crippen LogP) is 7.49. The number of nitrogens with zero attached hydrogens (tertiary/aromatic N) is 2. The zero-order valence-electron chi connectivity index (χ0n) is 25.1. The van der Waals surface area contributed by atoms with Gasteiger partial charge in [-0.25, -0.2) is 9.78 Å². The lowest BCUT2D eigenvalue weighted by molar-refractivity contribution is -0.138. The lowest BCUT2D eigenvalue weighted by Gasteiger charge is -2.24. The van der Waals surface area contributed by atoms with Crippen molar-refractivity contribution in [2.24, 2.45) is 5.92 Å². The van der Waals surface area contributed by atoms with Gasteiger partial charge >= 0.3 is 5.97 Å². The van der Waals surface area contributed by atoms with Crippen LogP contribution in [0.3, 0.4) is 0 Å². The van der Waals surface area contributed by atoms with E-state index in [1.165, 1.54) is 17.8 Å². The van der Waals surface area contributed by atoms with Gasteiger partial charge < -0.3 is 14.8 Å². The number of rotatable bonds is 12. The van der Waals surface area contributed by atoms with Crippen molar-refractivity contribution in [2.75, 3.05) is 6.61 Å². The molecule has 0 bridgehead atoms. The minimum absolute atomic E-state index is 0.0480. The molecule has 2 aromatic carbocycles. The third-order valence-corrected chi connectivity index (χ3v) is 8.38. The molecule has 224 valence electrons. The Balaban J connectivity index is 1.46. The van der Waals surface area contributed by atoms with Gasteiger partial charge in [0.15, 0.2) is 0 Å². The number of nitrogens with one attached hydrogen (secondary N) is 1. The molecule has 1 aliphatic carbocycles. The fraction of sp³-hybridized carbons (Fsp3) is 0.371.